The molecular formula is C82H57N3O2. The van der Waals surface area contributed by atoms with Gasteiger partial charge in [-0.25, -0.2) is 0 Å². The van der Waals surface area contributed by atoms with Crippen LogP contribution in [0.15, 0.2) is 282 Å². The summed E-state index contributed by atoms with van der Waals surface area (Å²) in [5.41, 5.74) is 26.6. The molecule has 0 fully saturated rings. The Labute approximate surface area is 503 Å². The molecule has 5 heteroatoms. The minimum Gasteiger partial charge on any atom is -0.454 e. The predicted octanol–water partition coefficient (Wildman–Crippen LogP) is 23.5. The monoisotopic (exact) mass is 1120 g/mol. The molecule has 0 atom stereocenters. The normalized spacial score (nSPS) is 11.9. The Morgan fingerprint density at radius 3 is 0.874 bits per heavy atom. The van der Waals surface area contributed by atoms with E-state index < -0.39 is 0 Å². The fourth-order valence-corrected chi connectivity index (χ4v) is 13.9. The van der Waals surface area contributed by atoms with Gasteiger partial charge in [-0.05, 0) is 143 Å². The quantitative estimate of drug-likeness (QED) is 0.137. The number of anilines is 6. The van der Waals surface area contributed by atoms with E-state index in [0.717, 1.165) is 183 Å². The van der Waals surface area contributed by atoms with Gasteiger partial charge in [0.25, 0.3) is 0 Å². The summed E-state index contributed by atoms with van der Waals surface area (Å²) < 4.78 is 17.3. The summed E-state index contributed by atoms with van der Waals surface area (Å²) >= 11 is 0. The highest BCUT2D eigenvalue weighted by Gasteiger charge is 2.33. The van der Waals surface area contributed by atoms with Crippen molar-refractivity contribution in [2.45, 2.75) is 27.7 Å². The summed E-state index contributed by atoms with van der Waals surface area (Å²) in [5, 5.41) is 8.55. The van der Waals surface area contributed by atoms with Gasteiger partial charge in [0.15, 0.2) is 11.2 Å². The number of para-hydroxylation sites is 3. The number of hydrogen-bond donors (Lipinski definition) is 0. The van der Waals surface area contributed by atoms with Crippen LogP contribution in [0.2, 0.25) is 0 Å². The Balaban J connectivity index is 1.06. The Morgan fingerprint density at radius 2 is 0.540 bits per heavy atom. The molecule has 0 N–H and O–H groups in total. The average Bonchev–Trinajstić information content (AvgIpc) is 1.54. The standard InChI is InChI=1S/C82H57N3O2/c1-50-36-40-58(54-22-9-5-10-23-54)44-68(50)83(69-45-59(41-37-51(69)2)55-24-11-6-12-25-55)72-48-66-62-30-17-19-34-74(62)86-81(66)79-76(72)64-32-21-33-65-77-73(49-67-63-31-18-20-35-75(63)87-82(67)80(77)85(79)78(64)65)84(70-46-60(42-38-52(70)3)56-26-13-7-14-27-56)71-47-61(43-39-53(71)4)57-28-15-8-16-29-57/h5-49H,1-4H3. The predicted molar refractivity (Wildman–Crippen MR) is 366 cm³/mol. The maximum Gasteiger partial charge on any atom is 0.160 e. The zero-order valence-electron chi connectivity index (χ0n) is 48.6. The van der Waals surface area contributed by atoms with E-state index in [4.69, 9.17) is 8.83 Å². The van der Waals surface area contributed by atoms with Crippen LogP contribution in [0.3, 0.4) is 0 Å². The molecule has 13 aromatic carbocycles. The van der Waals surface area contributed by atoms with Gasteiger partial charge in [-0.3, -0.25) is 0 Å². The summed E-state index contributed by atoms with van der Waals surface area (Å²) in [6.45, 7) is 8.99. The maximum absolute atomic E-state index is 7.37. The summed E-state index contributed by atoms with van der Waals surface area (Å²) in [6.07, 6.45) is 0. The van der Waals surface area contributed by atoms with Crippen molar-refractivity contribution in [3.8, 4) is 44.5 Å². The van der Waals surface area contributed by atoms with Crippen molar-refractivity contribution in [1.82, 2.24) is 4.40 Å². The highest BCUT2D eigenvalue weighted by molar-refractivity contribution is 6.36. The van der Waals surface area contributed by atoms with E-state index in [2.05, 4.69) is 315 Å². The summed E-state index contributed by atoms with van der Waals surface area (Å²) in [6, 6.07) is 99.5. The second-order valence-corrected chi connectivity index (χ2v) is 23.4. The van der Waals surface area contributed by atoms with Crippen molar-refractivity contribution < 1.29 is 8.83 Å². The lowest BCUT2D eigenvalue weighted by Crippen LogP contribution is -2.14. The number of hydrogen-bond acceptors (Lipinski definition) is 4. The van der Waals surface area contributed by atoms with Gasteiger partial charge in [0.2, 0.25) is 0 Å². The molecule has 0 amide bonds. The molecule has 0 spiro atoms. The van der Waals surface area contributed by atoms with E-state index in [1.165, 1.54) is 0 Å². The first-order valence-corrected chi connectivity index (χ1v) is 30.0. The zero-order chi connectivity index (χ0) is 58.0. The van der Waals surface area contributed by atoms with Gasteiger partial charge in [-0.15, -0.1) is 0 Å². The second kappa shape index (κ2) is 19.7. The molecule has 0 aliphatic rings. The summed E-state index contributed by atoms with van der Waals surface area (Å²) in [5.74, 6) is 0. The van der Waals surface area contributed by atoms with Gasteiger partial charge in [-0.1, -0.05) is 224 Å². The van der Waals surface area contributed by atoms with Gasteiger partial charge in [0.1, 0.15) is 22.2 Å². The van der Waals surface area contributed by atoms with Crippen LogP contribution in [0.1, 0.15) is 22.3 Å². The van der Waals surface area contributed by atoms with E-state index in [9.17, 15) is 0 Å². The fourth-order valence-electron chi connectivity index (χ4n) is 13.9. The van der Waals surface area contributed by atoms with Crippen molar-refractivity contribution >= 4 is 116 Å². The third-order valence-electron chi connectivity index (χ3n) is 18.2. The number of nitrogens with zero attached hydrogens (tertiary/aromatic N) is 3. The van der Waals surface area contributed by atoms with Crippen LogP contribution in [-0.2, 0) is 0 Å². The molecule has 0 aliphatic carbocycles. The Hall–Kier alpha value is -11.1. The number of fused-ring (bicyclic) bond motifs is 14. The lowest BCUT2D eigenvalue weighted by atomic mass is 9.96. The molecule has 0 saturated carbocycles. The molecule has 0 unspecified atom stereocenters. The third kappa shape index (κ3) is 7.86. The van der Waals surface area contributed by atoms with Crippen molar-refractivity contribution in [2.24, 2.45) is 0 Å². The lowest BCUT2D eigenvalue weighted by Gasteiger charge is -2.31. The summed E-state index contributed by atoms with van der Waals surface area (Å²) in [7, 11) is 0. The first kappa shape index (κ1) is 50.4. The molecule has 17 aromatic rings. The number of rotatable bonds is 10. The van der Waals surface area contributed by atoms with Gasteiger partial charge in [0.05, 0.1) is 16.9 Å². The first-order chi connectivity index (χ1) is 42.8. The molecule has 0 bridgehead atoms. The van der Waals surface area contributed by atoms with Crippen LogP contribution in [0.25, 0.3) is 126 Å². The van der Waals surface area contributed by atoms with Crippen molar-refractivity contribution in [3.05, 3.63) is 295 Å². The number of aromatic nitrogens is 1. The molecule has 0 aliphatic heterocycles. The molecule has 17 rings (SSSR count). The van der Waals surface area contributed by atoms with Crippen LogP contribution in [0.5, 0.6) is 0 Å². The third-order valence-corrected chi connectivity index (χ3v) is 18.2. The second-order valence-electron chi connectivity index (χ2n) is 23.4. The van der Waals surface area contributed by atoms with E-state index in [1.807, 2.05) is 0 Å². The van der Waals surface area contributed by atoms with Crippen LogP contribution in [-0.4, -0.2) is 4.40 Å². The van der Waals surface area contributed by atoms with E-state index in [-0.39, 0.29) is 0 Å². The Morgan fingerprint density at radius 1 is 0.241 bits per heavy atom. The fraction of sp³-hybridized carbons (Fsp3) is 0.0488. The molecule has 412 valence electrons. The number of furan rings is 2. The van der Waals surface area contributed by atoms with E-state index in [0.29, 0.717) is 0 Å². The Bertz CT molecular complexity index is 5040. The molecule has 4 aromatic heterocycles. The van der Waals surface area contributed by atoms with E-state index >= 15 is 0 Å². The topological polar surface area (TPSA) is 37.2 Å². The molecule has 87 heavy (non-hydrogen) atoms. The lowest BCUT2D eigenvalue weighted by molar-refractivity contribution is 0.670. The minimum atomic E-state index is 0.818. The van der Waals surface area contributed by atoms with Crippen molar-refractivity contribution in [1.29, 1.82) is 0 Å². The van der Waals surface area contributed by atoms with Crippen LogP contribution >= 0.6 is 0 Å². The first-order valence-electron chi connectivity index (χ1n) is 30.0. The van der Waals surface area contributed by atoms with Gasteiger partial charge in [-0.2, -0.15) is 0 Å². The van der Waals surface area contributed by atoms with E-state index in [1.54, 1.807) is 0 Å². The van der Waals surface area contributed by atoms with Gasteiger partial charge >= 0.3 is 0 Å². The van der Waals surface area contributed by atoms with Crippen LogP contribution < -0.4 is 9.80 Å². The summed E-state index contributed by atoms with van der Waals surface area (Å²) in [4.78, 5) is 5.10. The maximum atomic E-state index is 7.37. The zero-order valence-corrected chi connectivity index (χ0v) is 48.6. The SMILES string of the molecule is Cc1ccc(-c2ccccc2)cc1N(c1cc(-c2ccccc2)ccc1C)c1cc2c3ccccc3oc2c2c1c1cccc3c4c(N(c5cc(-c6ccccc6)ccc5C)c5cc(-c6ccccc6)ccc5C)cc5c6ccccc6oc5c4n2c13. The van der Waals surface area contributed by atoms with Crippen LogP contribution in [0, 0.1) is 27.7 Å². The number of benzene rings is 13. The smallest absolute Gasteiger partial charge is 0.160 e. The largest absolute Gasteiger partial charge is 0.454 e. The van der Waals surface area contributed by atoms with Crippen molar-refractivity contribution in [3.63, 3.8) is 0 Å². The highest BCUT2D eigenvalue weighted by atomic mass is 16.3. The highest BCUT2D eigenvalue weighted by Crippen LogP contribution is 2.56. The molecular weight excluding hydrogens is 1060 g/mol. The Kier molecular flexibility index (Phi) is 11.4. The van der Waals surface area contributed by atoms with Crippen LogP contribution in [0.4, 0.5) is 34.1 Å². The van der Waals surface area contributed by atoms with Crippen molar-refractivity contribution in [2.75, 3.05) is 9.80 Å². The number of aryl methyl sites for hydroxylation is 4. The molecule has 0 saturated heterocycles. The van der Waals surface area contributed by atoms with Gasteiger partial charge in [0, 0.05) is 65.8 Å². The molecule has 5 nitrogen and oxygen atoms in total. The average molecular weight is 1120 g/mol. The minimum absolute atomic E-state index is 0.818. The van der Waals surface area contributed by atoms with Gasteiger partial charge < -0.3 is 23.0 Å². The molecule has 0 radical (unpaired) electrons. The molecule has 4 heterocycles.